The SMILES string of the molecule is O=S(=O)(NCC[C@H]1CNCc2ccnn21)c1ccccc1. The van der Waals surface area contributed by atoms with Crippen molar-refractivity contribution >= 4 is 10.0 Å². The summed E-state index contributed by atoms with van der Waals surface area (Å²) in [6, 6.07) is 10.6. The van der Waals surface area contributed by atoms with Crippen molar-refractivity contribution in [1.82, 2.24) is 19.8 Å². The molecule has 1 aliphatic heterocycles. The third-order valence-corrected chi connectivity index (χ3v) is 5.08. The van der Waals surface area contributed by atoms with Crippen molar-refractivity contribution in [2.24, 2.45) is 0 Å². The number of rotatable bonds is 5. The van der Waals surface area contributed by atoms with Crippen LogP contribution in [-0.2, 0) is 16.6 Å². The molecule has 1 aliphatic rings. The Morgan fingerprint density at radius 3 is 2.90 bits per heavy atom. The summed E-state index contributed by atoms with van der Waals surface area (Å²) in [5, 5.41) is 7.63. The van der Waals surface area contributed by atoms with E-state index >= 15 is 0 Å². The molecule has 1 aromatic heterocycles. The van der Waals surface area contributed by atoms with E-state index in [2.05, 4.69) is 15.1 Å². The average molecular weight is 306 g/mol. The molecule has 0 saturated heterocycles. The molecule has 7 heteroatoms. The molecule has 0 spiro atoms. The monoisotopic (exact) mass is 306 g/mol. The highest BCUT2D eigenvalue weighted by Crippen LogP contribution is 2.17. The molecule has 112 valence electrons. The van der Waals surface area contributed by atoms with Gasteiger partial charge in [0.15, 0.2) is 0 Å². The summed E-state index contributed by atoms with van der Waals surface area (Å²) in [4.78, 5) is 0.298. The molecule has 1 atom stereocenters. The molecular weight excluding hydrogens is 288 g/mol. The van der Waals surface area contributed by atoms with Crippen molar-refractivity contribution in [2.45, 2.75) is 23.9 Å². The molecule has 0 amide bonds. The van der Waals surface area contributed by atoms with Gasteiger partial charge in [0.05, 0.1) is 16.6 Å². The van der Waals surface area contributed by atoms with Crippen molar-refractivity contribution in [2.75, 3.05) is 13.1 Å². The van der Waals surface area contributed by atoms with E-state index in [1.165, 1.54) is 0 Å². The van der Waals surface area contributed by atoms with Crippen LogP contribution in [-0.4, -0.2) is 31.3 Å². The first-order valence-corrected chi connectivity index (χ1v) is 8.43. The summed E-state index contributed by atoms with van der Waals surface area (Å²) in [7, 11) is -3.43. The molecule has 0 bridgehead atoms. The highest BCUT2D eigenvalue weighted by molar-refractivity contribution is 7.89. The lowest BCUT2D eigenvalue weighted by Crippen LogP contribution is -2.36. The van der Waals surface area contributed by atoms with Crippen molar-refractivity contribution in [1.29, 1.82) is 0 Å². The molecule has 2 aromatic rings. The number of hydrogen-bond donors (Lipinski definition) is 2. The number of aromatic nitrogens is 2. The predicted octanol–water partition coefficient (Wildman–Crippen LogP) is 0.896. The lowest BCUT2D eigenvalue weighted by molar-refractivity contribution is 0.349. The van der Waals surface area contributed by atoms with Gasteiger partial charge in [-0.3, -0.25) is 4.68 Å². The van der Waals surface area contributed by atoms with Crippen molar-refractivity contribution < 1.29 is 8.42 Å². The summed E-state index contributed by atoms with van der Waals surface area (Å²) >= 11 is 0. The second-order valence-electron chi connectivity index (χ2n) is 5.05. The molecule has 0 unspecified atom stereocenters. The molecule has 2 heterocycles. The average Bonchev–Trinajstić information content (AvgIpc) is 2.97. The van der Waals surface area contributed by atoms with E-state index in [4.69, 9.17) is 0 Å². The Balaban J connectivity index is 1.60. The number of benzene rings is 1. The molecule has 1 aromatic carbocycles. The Hall–Kier alpha value is -1.70. The summed E-state index contributed by atoms with van der Waals surface area (Å²) < 4.78 is 28.9. The fraction of sp³-hybridized carbons (Fsp3) is 0.357. The van der Waals surface area contributed by atoms with Gasteiger partial charge in [0, 0.05) is 25.8 Å². The lowest BCUT2D eigenvalue weighted by atomic mass is 10.1. The van der Waals surface area contributed by atoms with Gasteiger partial charge in [-0.1, -0.05) is 18.2 Å². The minimum atomic E-state index is -3.43. The molecule has 0 saturated carbocycles. The van der Waals surface area contributed by atoms with Gasteiger partial charge in [0.1, 0.15) is 0 Å². The van der Waals surface area contributed by atoms with Crippen LogP contribution in [0.2, 0.25) is 0 Å². The van der Waals surface area contributed by atoms with Crippen molar-refractivity contribution in [3.8, 4) is 0 Å². The van der Waals surface area contributed by atoms with E-state index in [1.807, 2.05) is 10.7 Å². The zero-order valence-electron chi connectivity index (χ0n) is 11.6. The standard InChI is InChI=1S/C14H18N4O2S/c19-21(20,14-4-2-1-3-5-14)17-9-7-13-11-15-10-12-6-8-16-18(12)13/h1-6,8,13,15,17H,7,9-11H2/t13-/m0/s1. The van der Waals surface area contributed by atoms with Gasteiger partial charge in [-0.25, -0.2) is 13.1 Å². The number of nitrogens with one attached hydrogen (secondary N) is 2. The molecule has 6 nitrogen and oxygen atoms in total. The van der Waals surface area contributed by atoms with Gasteiger partial charge in [0.2, 0.25) is 10.0 Å². The third-order valence-electron chi connectivity index (χ3n) is 3.61. The zero-order chi connectivity index (χ0) is 14.7. The fourth-order valence-electron chi connectivity index (χ4n) is 2.53. The van der Waals surface area contributed by atoms with Crippen LogP contribution in [0.15, 0.2) is 47.5 Å². The zero-order valence-corrected chi connectivity index (χ0v) is 12.4. The third kappa shape index (κ3) is 3.15. The van der Waals surface area contributed by atoms with Gasteiger partial charge >= 0.3 is 0 Å². The van der Waals surface area contributed by atoms with Gasteiger partial charge in [-0.2, -0.15) is 5.10 Å². The first kappa shape index (κ1) is 14.2. The Kier molecular flexibility index (Phi) is 4.05. The van der Waals surface area contributed by atoms with Crippen LogP contribution in [0.1, 0.15) is 18.2 Å². The summed E-state index contributed by atoms with van der Waals surface area (Å²) in [6.45, 7) is 2.01. The molecule has 0 aliphatic carbocycles. The van der Waals surface area contributed by atoms with E-state index in [1.54, 1.807) is 36.5 Å². The Bertz CT molecular complexity index is 697. The number of hydrogen-bond acceptors (Lipinski definition) is 4. The fourth-order valence-corrected chi connectivity index (χ4v) is 3.60. The lowest BCUT2D eigenvalue weighted by Gasteiger charge is -2.25. The van der Waals surface area contributed by atoms with Crippen molar-refractivity contribution in [3.05, 3.63) is 48.3 Å². The molecule has 0 radical (unpaired) electrons. The summed E-state index contributed by atoms with van der Waals surface area (Å²) in [6.07, 6.45) is 2.48. The topological polar surface area (TPSA) is 76.0 Å². The number of nitrogens with zero attached hydrogens (tertiary/aromatic N) is 2. The van der Waals surface area contributed by atoms with Crippen LogP contribution in [0.25, 0.3) is 0 Å². The molecule has 3 rings (SSSR count). The van der Waals surface area contributed by atoms with Crippen LogP contribution < -0.4 is 10.0 Å². The largest absolute Gasteiger partial charge is 0.309 e. The highest BCUT2D eigenvalue weighted by atomic mass is 32.2. The van der Waals surface area contributed by atoms with E-state index in [-0.39, 0.29) is 6.04 Å². The van der Waals surface area contributed by atoms with Gasteiger partial charge in [0.25, 0.3) is 0 Å². The first-order valence-electron chi connectivity index (χ1n) is 6.94. The minimum absolute atomic E-state index is 0.183. The Labute approximate surface area is 124 Å². The molecular formula is C14H18N4O2S. The number of fused-ring (bicyclic) bond motifs is 1. The van der Waals surface area contributed by atoms with E-state index in [0.717, 1.165) is 18.8 Å². The second-order valence-corrected chi connectivity index (χ2v) is 6.82. The van der Waals surface area contributed by atoms with E-state index in [0.29, 0.717) is 17.9 Å². The van der Waals surface area contributed by atoms with Gasteiger partial charge in [-0.05, 0) is 24.6 Å². The maximum absolute atomic E-state index is 12.1. The first-order chi connectivity index (χ1) is 10.2. The molecule has 2 N–H and O–H groups in total. The maximum Gasteiger partial charge on any atom is 0.240 e. The van der Waals surface area contributed by atoms with Crippen molar-refractivity contribution in [3.63, 3.8) is 0 Å². The van der Waals surface area contributed by atoms with Gasteiger partial charge in [-0.15, -0.1) is 0 Å². The smallest absolute Gasteiger partial charge is 0.240 e. The van der Waals surface area contributed by atoms with Crippen LogP contribution in [0, 0.1) is 0 Å². The van der Waals surface area contributed by atoms with Crippen LogP contribution >= 0.6 is 0 Å². The quantitative estimate of drug-likeness (QED) is 0.860. The Morgan fingerprint density at radius 1 is 1.29 bits per heavy atom. The summed E-state index contributed by atoms with van der Waals surface area (Å²) in [5.74, 6) is 0. The van der Waals surface area contributed by atoms with Crippen LogP contribution in [0.4, 0.5) is 0 Å². The number of sulfonamides is 1. The maximum atomic E-state index is 12.1. The predicted molar refractivity (Wildman–Crippen MR) is 79.2 cm³/mol. The highest BCUT2D eigenvalue weighted by Gasteiger charge is 2.20. The van der Waals surface area contributed by atoms with E-state index in [9.17, 15) is 8.42 Å². The van der Waals surface area contributed by atoms with Crippen LogP contribution in [0.3, 0.4) is 0 Å². The van der Waals surface area contributed by atoms with Crippen LogP contribution in [0.5, 0.6) is 0 Å². The molecule has 0 fully saturated rings. The minimum Gasteiger partial charge on any atom is -0.309 e. The van der Waals surface area contributed by atoms with Gasteiger partial charge < -0.3 is 5.32 Å². The summed E-state index contributed by atoms with van der Waals surface area (Å²) in [5.41, 5.74) is 1.14. The normalized spacial score (nSPS) is 18.4. The second kappa shape index (κ2) is 5.97. The molecule has 21 heavy (non-hydrogen) atoms. The van der Waals surface area contributed by atoms with E-state index < -0.39 is 10.0 Å². The Morgan fingerprint density at radius 2 is 2.10 bits per heavy atom.